The van der Waals surface area contributed by atoms with Gasteiger partial charge in [-0.2, -0.15) is 0 Å². The summed E-state index contributed by atoms with van der Waals surface area (Å²) in [5, 5.41) is 10.3. The monoisotopic (exact) mass is 339 g/mol. The highest BCUT2D eigenvalue weighted by Crippen LogP contribution is 2.22. The summed E-state index contributed by atoms with van der Waals surface area (Å²) in [6.45, 7) is 0. The Morgan fingerprint density at radius 2 is 1.65 bits per heavy atom. The molecule has 122 valence electrons. The first-order valence-corrected chi connectivity index (χ1v) is 8.42. The van der Waals surface area contributed by atoms with E-state index in [9.17, 15) is 32.9 Å². The summed E-state index contributed by atoms with van der Waals surface area (Å²) >= 11 is 0. The van der Waals surface area contributed by atoms with Crippen molar-refractivity contribution >= 4 is 27.2 Å². The molecule has 0 unspecified atom stereocenters. The number of benzene rings is 1. The highest BCUT2D eigenvalue weighted by molar-refractivity contribution is 7.91. The fourth-order valence-corrected chi connectivity index (χ4v) is 3.38. The van der Waals surface area contributed by atoms with Gasteiger partial charge in [0, 0.05) is 23.3 Å². The zero-order valence-electron chi connectivity index (χ0n) is 11.9. The van der Waals surface area contributed by atoms with Crippen LogP contribution in [0.15, 0.2) is 29.2 Å². The molecule has 0 spiro atoms. The molecule has 1 aliphatic rings. The summed E-state index contributed by atoms with van der Waals surface area (Å²) < 4.78 is 23.4. The lowest BCUT2D eigenvalue weighted by atomic mass is 9.82. The molecule has 1 fully saturated rings. The van der Waals surface area contributed by atoms with Gasteiger partial charge in [0.05, 0.1) is 4.90 Å². The number of rotatable bonds is 5. The molecule has 1 aliphatic carbocycles. The minimum atomic E-state index is -4.09. The number of hydrogen-bond acceptors (Lipinski definition) is 7. The van der Waals surface area contributed by atoms with E-state index >= 15 is 0 Å². The van der Waals surface area contributed by atoms with E-state index in [2.05, 4.69) is 0 Å². The quantitative estimate of drug-likeness (QED) is 0.336. The van der Waals surface area contributed by atoms with Crippen molar-refractivity contribution in [3.8, 4) is 0 Å². The molecule has 0 N–H and O–H groups in total. The van der Waals surface area contributed by atoms with E-state index in [4.69, 9.17) is 0 Å². The van der Waals surface area contributed by atoms with Gasteiger partial charge < -0.3 is 0 Å². The van der Waals surface area contributed by atoms with E-state index in [0.29, 0.717) is 6.42 Å². The smallest absolute Gasteiger partial charge is 0.298 e. The number of hydrogen-bond donors (Lipinski definition) is 0. The van der Waals surface area contributed by atoms with Crippen LogP contribution in [0.25, 0.3) is 0 Å². The van der Waals surface area contributed by atoms with E-state index in [1.54, 1.807) is 0 Å². The molecule has 0 amide bonds. The summed E-state index contributed by atoms with van der Waals surface area (Å²) in [5.74, 6) is -4.12. The predicted octanol–water partition coefficient (Wildman–Crippen LogP) is 0.816. The van der Waals surface area contributed by atoms with Crippen LogP contribution in [0.1, 0.15) is 29.6 Å². The second kappa shape index (κ2) is 6.37. The van der Waals surface area contributed by atoms with Gasteiger partial charge in [0.1, 0.15) is 5.92 Å². The third-order valence-corrected chi connectivity index (χ3v) is 5.07. The third kappa shape index (κ3) is 3.67. The average Bonchev–Trinajstić information content (AvgIpc) is 2.45. The van der Waals surface area contributed by atoms with Crippen LogP contribution in [0, 0.1) is 16.0 Å². The predicted molar refractivity (Wildman–Crippen MR) is 77.2 cm³/mol. The molecule has 23 heavy (non-hydrogen) atoms. The van der Waals surface area contributed by atoms with Crippen LogP contribution in [-0.4, -0.2) is 36.6 Å². The third-order valence-electron chi connectivity index (χ3n) is 3.53. The molecule has 0 heterocycles. The molecule has 0 aliphatic heterocycles. The zero-order chi connectivity index (χ0) is 17.2. The van der Waals surface area contributed by atoms with Crippen molar-refractivity contribution in [1.82, 2.24) is 0 Å². The first-order chi connectivity index (χ1) is 10.7. The van der Waals surface area contributed by atoms with E-state index in [-0.39, 0.29) is 23.3 Å². The molecular formula is C14H13NO7S. The van der Waals surface area contributed by atoms with Gasteiger partial charge in [-0.15, -0.1) is 0 Å². The van der Waals surface area contributed by atoms with Crippen LogP contribution in [0.3, 0.4) is 0 Å². The van der Waals surface area contributed by atoms with Crippen LogP contribution in [0.5, 0.6) is 0 Å². The van der Waals surface area contributed by atoms with E-state index < -0.39 is 43.9 Å². The van der Waals surface area contributed by atoms with Crippen molar-refractivity contribution in [3.05, 3.63) is 39.9 Å². The maximum atomic E-state index is 12.3. The first kappa shape index (κ1) is 16.9. The maximum absolute atomic E-state index is 12.3. The zero-order valence-corrected chi connectivity index (χ0v) is 12.7. The van der Waals surface area contributed by atoms with Crippen LogP contribution in [-0.2, 0) is 19.4 Å². The lowest BCUT2D eigenvalue weighted by molar-refractivity contribution is -0.458. The Kier molecular flexibility index (Phi) is 4.69. The Labute approximate surface area is 131 Å². The van der Waals surface area contributed by atoms with Gasteiger partial charge in [0.15, 0.2) is 17.3 Å². The summed E-state index contributed by atoms with van der Waals surface area (Å²) in [6, 6.07) is 4.43. The molecule has 0 aromatic heterocycles. The van der Waals surface area contributed by atoms with Gasteiger partial charge in [-0.05, 0) is 18.6 Å². The van der Waals surface area contributed by atoms with Crippen LogP contribution in [0.2, 0.25) is 0 Å². The molecule has 2 rings (SSSR count). The van der Waals surface area contributed by atoms with E-state index in [1.807, 2.05) is 0 Å². The van der Waals surface area contributed by atoms with Crippen molar-refractivity contribution < 1.29 is 27.7 Å². The van der Waals surface area contributed by atoms with Gasteiger partial charge in [-0.25, -0.2) is 8.42 Å². The average molecular weight is 339 g/mol. The van der Waals surface area contributed by atoms with Gasteiger partial charge in [0.25, 0.3) is 0 Å². The topological polar surface area (TPSA) is 128 Å². The molecule has 1 aromatic rings. The minimum absolute atomic E-state index is 0.0265. The molecule has 0 radical (unpaired) electrons. The van der Waals surface area contributed by atoms with Crippen LogP contribution in [0.4, 0.5) is 0 Å². The number of carbonyl (C=O) groups excluding carboxylic acids is 3. The number of ketones is 3. The van der Waals surface area contributed by atoms with Crippen molar-refractivity contribution in [2.24, 2.45) is 5.92 Å². The number of carbonyl (C=O) groups is 3. The molecule has 0 atom stereocenters. The second-order valence-corrected chi connectivity index (χ2v) is 7.14. The second-order valence-electron chi connectivity index (χ2n) is 5.18. The molecule has 9 heteroatoms. The molecule has 1 aromatic carbocycles. The summed E-state index contributed by atoms with van der Waals surface area (Å²) in [4.78, 5) is 44.8. The lowest BCUT2D eigenvalue weighted by Gasteiger charge is -2.18. The standard InChI is InChI=1S/C14H13NO7S/c16-11-2-1-3-12(17)13(11)14(18)9-4-6-10(7-5-9)23(21,22)8-15(19)20/h4-7,13H,1-3,8H2. The number of Topliss-reactive ketones (excluding diaryl/α,β-unsaturated/α-hetero) is 3. The number of nitrogens with zero attached hydrogens (tertiary/aromatic N) is 1. The largest absolute Gasteiger partial charge is 0.305 e. The number of nitro groups is 1. The SMILES string of the molecule is O=C1CCCC(=O)C1C(=O)c1ccc(S(=O)(=O)C[N+](=O)[O-])cc1. The molecule has 0 bridgehead atoms. The van der Waals surface area contributed by atoms with Crippen molar-refractivity contribution in [2.75, 3.05) is 5.88 Å². The first-order valence-electron chi connectivity index (χ1n) is 6.76. The Morgan fingerprint density at radius 3 is 2.13 bits per heavy atom. The van der Waals surface area contributed by atoms with Crippen molar-refractivity contribution in [1.29, 1.82) is 0 Å². The normalized spacial score (nSPS) is 16.3. The van der Waals surface area contributed by atoms with E-state index in [0.717, 1.165) is 24.3 Å². The van der Waals surface area contributed by atoms with Gasteiger partial charge >= 0.3 is 5.88 Å². The Hall–Kier alpha value is -2.42. The molecule has 0 saturated heterocycles. The van der Waals surface area contributed by atoms with Crippen molar-refractivity contribution in [2.45, 2.75) is 24.2 Å². The molecule has 1 saturated carbocycles. The summed E-state index contributed by atoms with van der Waals surface area (Å²) in [7, 11) is -4.09. The van der Waals surface area contributed by atoms with Gasteiger partial charge in [-0.3, -0.25) is 24.5 Å². The lowest BCUT2D eigenvalue weighted by Crippen LogP contribution is -2.35. The molecule has 8 nitrogen and oxygen atoms in total. The maximum Gasteiger partial charge on any atom is 0.305 e. The highest BCUT2D eigenvalue weighted by Gasteiger charge is 2.36. The summed E-state index contributed by atoms with van der Waals surface area (Å²) in [5.41, 5.74) is 0.0265. The van der Waals surface area contributed by atoms with Gasteiger partial charge in [0.2, 0.25) is 9.84 Å². The fourth-order valence-electron chi connectivity index (χ4n) is 2.40. The molecular weight excluding hydrogens is 326 g/mol. The Bertz CT molecular complexity index is 764. The summed E-state index contributed by atoms with van der Waals surface area (Å²) in [6.07, 6.45) is 0.758. The Morgan fingerprint density at radius 1 is 1.13 bits per heavy atom. The highest BCUT2D eigenvalue weighted by atomic mass is 32.2. The van der Waals surface area contributed by atoms with Gasteiger partial charge in [-0.1, -0.05) is 12.1 Å². The van der Waals surface area contributed by atoms with Crippen molar-refractivity contribution in [3.63, 3.8) is 0 Å². The van der Waals surface area contributed by atoms with E-state index in [1.165, 1.54) is 0 Å². The minimum Gasteiger partial charge on any atom is -0.298 e. The van der Waals surface area contributed by atoms with Crippen LogP contribution < -0.4 is 0 Å². The van der Waals surface area contributed by atoms with Crippen LogP contribution >= 0.6 is 0 Å². The number of sulfone groups is 1. The Balaban J connectivity index is 2.26. The fraction of sp³-hybridized carbons (Fsp3) is 0.357.